The van der Waals surface area contributed by atoms with Gasteiger partial charge in [-0.25, -0.2) is 0 Å². The van der Waals surface area contributed by atoms with Gasteiger partial charge in [0, 0.05) is 20.2 Å². The Hall–Kier alpha value is -2.60. The number of fused-ring (bicyclic) bond motifs is 2. The van der Waals surface area contributed by atoms with E-state index >= 15 is 0 Å². The number of anilines is 1. The number of nitrogens with zero attached hydrogens (tertiary/aromatic N) is 1. The van der Waals surface area contributed by atoms with Gasteiger partial charge in [-0.15, -0.1) is 0 Å². The SMILES string of the molecule is Cc1ccc(N2C(=O)c3oc4ccc(Cl)cc4c(=O)c3C2c2cccc(Br)c2)cc1Cl. The van der Waals surface area contributed by atoms with E-state index in [0.29, 0.717) is 26.7 Å². The van der Waals surface area contributed by atoms with Crippen LogP contribution in [-0.2, 0) is 0 Å². The summed E-state index contributed by atoms with van der Waals surface area (Å²) in [4.78, 5) is 28.6. The zero-order valence-electron chi connectivity index (χ0n) is 16.2. The molecular formula is C24H14BrCl2NO3. The van der Waals surface area contributed by atoms with Gasteiger partial charge >= 0.3 is 0 Å². The van der Waals surface area contributed by atoms with Crippen molar-refractivity contribution in [2.24, 2.45) is 0 Å². The van der Waals surface area contributed by atoms with Crippen molar-refractivity contribution >= 4 is 61.7 Å². The topological polar surface area (TPSA) is 50.5 Å². The normalized spacial score (nSPS) is 15.5. The lowest BCUT2D eigenvalue weighted by Gasteiger charge is -2.25. The summed E-state index contributed by atoms with van der Waals surface area (Å²) in [5.74, 6) is -0.365. The molecular weight excluding hydrogens is 501 g/mol. The molecule has 0 aliphatic carbocycles. The Bertz CT molecular complexity index is 1450. The zero-order chi connectivity index (χ0) is 21.9. The summed E-state index contributed by atoms with van der Waals surface area (Å²) in [6, 6.07) is 17.0. The van der Waals surface area contributed by atoms with Gasteiger partial charge in [-0.3, -0.25) is 14.5 Å². The van der Waals surface area contributed by atoms with E-state index < -0.39 is 11.9 Å². The van der Waals surface area contributed by atoms with E-state index in [1.807, 2.05) is 43.3 Å². The number of halogens is 3. The molecule has 0 fully saturated rings. The van der Waals surface area contributed by atoms with Gasteiger partial charge in [0.05, 0.1) is 17.0 Å². The van der Waals surface area contributed by atoms with Crippen LogP contribution in [0.2, 0.25) is 10.0 Å². The van der Waals surface area contributed by atoms with Crippen LogP contribution in [0.15, 0.2) is 74.3 Å². The highest BCUT2D eigenvalue weighted by molar-refractivity contribution is 9.10. The number of carbonyl (C=O) groups is 1. The van der Waals surface area contributed by atoms with Crippen LogP contribution in [0.3, 0.4) is 0 Å². The summed E-state index contributed by atoms with van der Waals surface area (Å²) >= 11 is 16.0. The van der Waals surface area contributed by atoms with Crippen molar-refractivity contribution in [2.75, 3.05) is 4.90 Å². The number of benzene rings is 3. The van der Waals surface area contributed by atoms with Gasteiger partial charge < -0.3 is 4.42 Å². The molecule has 1 aliphatic rings. The van der Waals surface area contributed by atoms with Crippen LogP contribution in [0.25, 0.3) is 11.0 Å². The first-order chi connectivity index (χ1) is 14.8. The summed E-state index contributed by atoms with van der Waals surface area (Å²) in [5, 5.41) is 1.29. The van der Waals surface area contributed by atoms with Crippen LogP contribution in [0.4, 0.5) is 5.69 Å². The molecule has 3 aromatic carbocycles. The second kappa shape index (κ2) is 7.52. The standard InChI is InChI=1S/C24H14BrCl2NO3/c1-12-5-7-16(11-18(12)27)28-21(13-3-2-4-14(25)9-13)20-22(29)17-10-15(26)6-8-19(17)31-23(20)24(28)30/h2-11,21H,1H3. The molecule has 0 N–H and O–H groups in total. The fourth-order valence-corrected chi connectivity index (χ4v) is 4.70. The molecule has 0 bridgehead atoms. The summed E-state index contributed by atoms with van der Waals surface area (Å²) in [6.07, 6.45) is 0. The Kier molecular flexibility index (Phi) is 4.93. The van der Waals surface area contributed by atoms with Gasteiger partial charge in [-0.1, -0.05) is 57.3 Å². The molecule has 4 nitrogen and oxygen atoms in total. The fraction of sp³-hybridized carbons (Fsp3) is 0.0833. The minimum absolute atomic E-state index is 0.0292. The van der Waals surface area contributed by atoms with Crippen molar-refractivity contribution in [3.8, 4) is 0 Å². The Balaban J connectivity index is 1.83. The number of aryl methyl sites for hydroxylation is 1. The second-order valence-corrected chi connectivity index (χ2v) is 9.14. The smallest absolute Gasteiger partial charge is 0.295 e. The number of hydrogen-bond donors (Lipinski definition) is 0. The van der Waals surface area contributed by atoms with Gasteiger partial charge in [0.25, 0.3) is 5.91 Å². The number of hydrogen-bond acceptors (Lipinski definition) is 3. The third kappa shape index (κ3) is 3.28. The number of rotatable bonds is 2. The Morgan fingerprint density at radius 3 is 2.55 bits per heavy atom. The van der Waals surface area contributed by atoms with Gasteiger partial charge in [0.15, 0.2) is 5.43 Å². The molecule has 31 heavy (non-hydrogen) atoms. The molecule has 0 saturated carbocycles. The lowest BCUT2D eigenvalue weighted by Crippen LogP contribution is -2.29. The molecule has 0 spiro atoms. The van der Waals surface area contributed by atoms with E-state index in [9.17, 15) is 9.59 Å². The third-order valence-corrected chi connectivity index (χ3v) is 6.57. The lowest BCUT2D eigenvalue weighted by atomic mass is 9.98. The third-order valence-electron chi connectivity index (χ3n) is 5.43. The second-order valence-electron chi connectivity index (χ2n) is 7.38. The molecule has 1 amide bonds. The maximum absolute atomic E-state index is 13.5. The lowest BCUT2D eigenvalue weighted by molar-refractivity contribution is 0.0971. The van der Waals surface area contributed by atoms with Crippen LogP contribution in [0.5, 0.6) is 0 Å². The van der Waals surface area contributed by atoms with Crippen molar-refractivity contribution in [1.82, 2.24) is 0 Å². The van der Waals surface area contributed by atoms with Gasteiger partial charge in [-0.2, -0.15) is 0 Å². The molecule has 5 rings (SSSR count). The monoisotopic (exact) mass is 513 g/mol. The first-order valence-corrected chi connectivity index (χ1v) is 11.0. The van der Waals surface area contributed by atoms with E-state index in [4.69, 9.17) is 27.6 Å². The molecule has 7 heteroatoms. The van der Waals surface area contributed by atoms with Gasteiger partial charge in [-0.05, 0) is 60.5 Å². The fourth-order valence-electron chi connectivity index (χ4n) is 3.94. The predicted molar refractivity (Wildman–Crippen MR) is 126 cm³/mol. The average Bonchev–Trinajstić information content (AvgIpc) is 3.03. The van der Waals surface area contributed by atoms with Crippen molar-refractivity contribution < 1.29 is 9.21 Å². The maximum Gasteiger partial charge on any atom is 0.295 e. The van der Waals surface area contributed by atoms with Crippen molar-refractivity contribution in [2.45, 2.75) is 13.0 Å². The minimum atomic E-state index is -0.668. The highest BCUT2D eigenvalue weighted by Crippen LogP contribution is 2.42. The van der Waals surface area contributed by atoms with Crippen molar-refractivity contribution in [3.63, 3.8) is 0 Å². The first kappa shape index (κ1) is 20.3. The zero-order valence-corrected chi connectivity index (χ0v) is 19.3. The van der Waals surface area contributed by atoms with E-state index in [0.717, 1.165) is 15.6 Å². The molecule has 1 aliphatic heterocycles. The van der Waals surface area contributed by atoms with Crippen LogP contribution in [0, 0.1) is 6.92 Å². The quantitative estimate of drug-likeness (QED) is 0.291. The van der Waals surface area contributed by atoms with E-state index in [2.05, 4.69) is 15.9 Å². The molecule has 154 valence electrons. The maximum atomic E-state index is 13.5. The van der Waals surface area contributed by atoms with Crippen LogP contribution in [-0.4, -0.2) is 5.91 Å². The largest absolute Gasteiger partial charge is 0.450 e. The van der Waals surface area contributed by atoms with Crippen molar-refractivity contribution in [1.29, 1.82) is 0 Å². The van der Waals surface area contributed by atoms with Crippen LogP contribution in [0.1, 0.15) is 33.3 Å². The number of carbonyl (C=O) groups excluding carboxylic acids is 1. The Labute approximate surface area is 196 Å². The summed E-state index contributed by atoms with van der Waals surface area (Å²) in [6.45, 7) is 1.89. The van der Waals surface area contributed by atoms with Crippen LogP contribution < -0.4 is 10.3 Å². The van der Waals surface area contributed by atoms with Crippen molar-refractivity contribution in [3.05, 3.63) is 108 Å². The predicted octanol–water partition coefficient (Wildman–Crippen LogP) is 6.92. The molecule has 1 unspecified atom stereocenters. The van der Waals surface area contributed by atoms with E-state index in [-0.39, 0.29) is 16.8 Å². The minimum Gasteiger partial charge on any atom is -0.450 e. The first-order valence-electron chi connectivity index (χ1n) is 9.46. The summed E-state index contributed by atoms with van der Waals surface area (Å²) in [5.41, 5.74) is 2.57. The highest BCUT2D eigenvalue weighted by Gasteiger charge is 2.43. The molecule has 2 heterocycles. The molecule has 1 atom stereocenters. The van der Waals surface area contributed by atoms with E-state index in [1.165, 1.54) is 0 Å². The molecule has 4 aromatic rings. The van der Waals surface area contributed by atoms with E-state index in [1.54, 1.807) is 29.2 Å². The Morgan fingerprint density at radius 2 is 1.81 bits per heavy atom. The average molecular weight is 515 g/mol. The summed E-state index contributed by atoms with van der Waals surface area (Å²) < 4.78 is 6.78. The number of amides is 1. The van der Waals surface area contributed by atoms with Gasteiger partial charge in [0.2, 0.25) is 5.76 Å². The van der Waals surface area contributed by atoms with Crippen LogP contribution >= 0.6 is 39.1 Å². The highest BCUT2D eigenvalue weighted by atomic mass is 79.9. The molecule has 1 aromatic heterocycles. The summed E-state index contributed by atoms with van der Waals surface area (Å²) in [7, 11) is 0. The Morgan fingerprint density at radius 1 is 1.00 bits per heavy atom. The van der Waals surface area contributed by atoms with Gasteiger partial charge in [0.1, 0.15) is 5.58 Å². The molecule has 0 saturated heterocycles. The molecule has 0 radical (unpaired) electrons.